The number of halogens is 1. The summed E-state index contributed by atoms with van der Waals surface area (Å²) in [5.41, 5.74) is 7.42. The summed E-state index contributed by atoms with van der Waals surface area (Å²) in [6, 6.07) is 4.10. The Morgan fingerprint density at radius 3 is 2.54 bits per heavy atom. The molecule has 2 bridgehead atoms. The number of benzene rings is 1. The van der Waals surface area contributed by atoms with E-state index in [4.69, 9.17) is 15.2 Å². The smallest absolute Gasteiger partial charge is 0.405 e. The van der Waals surface area contributed by atoms with Crippen LogP contribution in [0.5, 0.6) is 0 Å². The van der Waals surface area contributed by atoms with Crippen LogP contribution >= 0.6 is 0 Å². The van der Waals surface area contributed by atoms with Crippen LogP contribution in [-0.4, -0.2) is 36.4 Å². The number of hydrogen-bond donors (Lipinski definition) is 3. The quantitative estimate of drug-likeness (QED) is 0.480. The van der Waals surface area contributed by atoms with E-state index in [1.54, 1.807) is 26.2 Å². The van der Waals surface area contributed by atoms with E-state index in [0.717, 1.165) is 5.57 Å². The zero-order chi connectivity index (χ0) is 26.1. The standard InChI is InChI=1S/C27H39FN2O5/c1-16-11-19(4)25(35-27(29)33)17(2)7-6-8-18(3)26(32)30-22-14-20(13-21(28)15-22)24(31)10-9-23(12-16)34-5/h8,11,13-17,23-25,31H,6-7,9-10,12H2,1-5H3,(H2,29,33)(H,30,32)/b18-8+,19-11+/t16-,17-,23-,24+,25+/m0/s1. The van der Waals surface area contributed by atoms with Gasteiger partial charge in [0.15, 0.2) is 0 Å². The number of aliphatic hydroxyl groups excluding tert-OH is 1. The summed E-state index contributed by atoms with van der Waals surface area (Å²) in [5.74, 6) is -0.790. The molecule has 0 saturated carbocycles. The van der Waals surface area contributed by atoms with Crippen LogP contribution in [0.4, 0.5) is 14.9 Å². The van der Waals surface area contributed by atoms with E-state index >= 15 is 0 Å². The summed E-state index contributed by atoms with van der Waals surface area (Å²) in [4.78, 5) is 24.2. The lowest BCUT2D eigenvalue weighted by Gasteiger charge is -2.26. The van der Waals surface area contributed by atoms with Crippen molar-refractivity contribution in [1.82, 2.24) is 0 Å². The van der Waals surface area contributed by atoms with Gasteiger partial charge in [0, 0.05) is 18.4 Å². The van der Waals surface area contributed by atoms with Crippen LogP contribution < -0.4 is 11.1 Å². The molecule has 1 aromatic carbocycles. The number of anilines is 1. The molecule has 7 nitrogen and oxygen atoms in total. The summed E-state index contributed by atoms with van der Waals surface area (Å²) in [6.07, 6.45) is 4.41. The maximum atomic E-state index is 14.2. The van der Waals surface area contributed by atoms with E-state index < -0.39 is 24.1 Å². The van der Waals surface area contributed by atoms with Gasteiger partial charge in [0.25, 0.3) is 5.91 Å². The van der Waals surface area contributed by atoms with E-state index in [9.17, 15) is 19.1 Å². The number of nitrogens with two attached hydrogens (primary N) is 1. The van der Waals surface area contributed by atoms with Crippen molar-refractivity contribution in [3.63, 3.8) is 0 Å². The number of carbonyl (C=O) groups is 2. The van der Waals surface area contributed by atoms with Crippen molar-refractivity contribution in [1.29, 1.82) is 0 Å². The zero-order valence-corrected chi connectivity index (χ0v) is 21.3. The highest BCUT2D eigenvalue weighted by Gasteiger charge is 2.24. The number of allylic oxidation sites excluding steroid dienone is 2. The molecule has 1 aromatic rings. The molecule has 0 radical (unpaired) electrons. The summed E-state index contributed by atoms with van der Waals surface area (Å²) in [7, 11) is 1.63. The van der Waals surface area contributed by atoms with Crippen molar-refractivity contribution < 1.29 is 28.6 Å². The van der Waals surface area contributed by atoms with Crippen LogP contribution in [-0.2, 0) is 14.3 Å². The van der Waals surface area contributed by atoms with Gasteiger partial charge in [0.1, 0.15) is 11.9 Å². The predicted molar refractivity (Wildman–Crippen MR) is 134 cm³/mol. The third-order valence-corrected chi connectivity index (χ3v) is 6.48. The first kappa shape index (κ1) is 28.5. The Kier molecular flexibility index (Phi) is 10.9. The maximum Gasteiger partial charge on any atom is 0.405 e. The zero-order valence-electron chi connectivity index (χ0n) is 21.3. The van der Waals surface area contributed by atoms with Crippen molar-refractivity contribution in [3.8, 4) is 0 Å². The Labute approximate surface area is 207 Å². The van der Waals surface area contributed by atoms with Crippen molar-refractivity contribution in [2.45, 2.75) is 78.1 Å². The van der Waals surface area contributed by atoms with Gasteiger partial charge in [-0.2, -0.15) is 0 Å². The second-order valence-corrected chi connectivity index (χ2v) is 9.60. The van der Waals surface area contributed by atoms with E-state index in [2.05, 4.69) is 18.3 Å². The molecule has 0 unspecified atom stereocenters. The van der Waals surface area contributed by atoms with Crippen molar-refractivity contribution in [2.24, 2.45) is 17.6 Å². The molecule has 8 heteroatoms. The average Bonchev–Trinajstić information content (AvgIpc) is 2.78. The second-order valence-electron chi connectivity index (χ2n) is 9.60. The summed E-state index contributed by atoms with van der Waals surface area (Å²) in [6.45, 7) is 7.65. The lowest BCUT2D eigenvalue weighted by molar-refractivity contribution is -0.112. The molecule has 2 rings (SSSR count). The van der Waals surface area contributed by atoms with E-state index in [0.29, 0.717) is 43.2 Å². The van der Waals surface area contributed by atoms with Crippen LogP contribution in [0.1, 0.15) is 71.5 Å². The molecule has 194 valence electrons. The highest BCUT2D eigenvalue weighted by Crippen LogP contribution is 2.28. The Hall–Kier alpha value is -2.71. The molecule has 1 aliphatic heterocycles. The van der Waals surface area contributed by atoms with Crippen LogP contribution in [0, 0.1) is 17.7 Å². The molecule has 35 heavy (non-hydrogen) atoms. The number of methoxy groups -OCH3 is 1. The van der Waals surface area contributed by atoms with Crippen LogP contribution in [0.2, 0.25) is 0 Å². The van der Waals surface area contributed by atoms with Gasteiger partial charge in [-0.3, -0.25) is 4.79 Å². The Morgan fingerprint density at radius 1 is 1.17 bits per heavy atom. The van der Waals surface area contributed by atoms with Crippen LogP contribution in [0.25, 0.3) is 0 Å². The summed E-state index contributed by atoms with van der Waals surface area (Å²) in [5, 5.41) is 13.4. The van der Waals surface area contributed by atoms with Gasteiger partial charge in [-0.1, -0.05) is 26.0 Å². The van der Waals surface area contributed by atoms with E-state index in [1.807, 2.05) is 13.8 Å². The van der Waals surface area contributed by atoms with Crippen LogP contribution in [0.15, 0.2) is 41.5 Å². The molecule has 0 spiro atoms. The number of aliphatic hydroxyl groups is 1. The SMILES string of the molecule is CO[C@H]1CC[C@@H](O)c2cc(F)cc(c2)NC(=O)/C(C)=C/CC[C@H](C)[C@@H](OC(N)=O)/C(C)=C/[C@H](C)C1. The van der Waals surface area contributed by atoms with Gasteiger partial charge in [0.05, 0.1) is 12.2 Å². The first-order chi connectivity index (χ1) is 16.5. The molecule has 1 heterocycles. The number of fused-ring (bicyclic) bond motifs is 2. The Balaban J connectivity index is 2.37. The monoisotopic (exact) mass is 490 g/mol. The number of nitrogens with one attached hydrogen (secondary N) is 1. The Bertz CT molecular complexity index is 945. The molecule has 0 fully saturated rings. The highest BCUT2D eigenvalue weighted by atomic mass is 19.1. The number of rotatable bonds is 2. The molecule has 0 saturated heterocycles. The van der Waals surface area contributed by atoms with Crippen molar-refractivity contribution in [2.75, 3.05) is 12.4 Å². The van der Waals surface area contributed by atoms with E-state index in [1.165, 1.54) is 12.1 Å². The maximum absolute atomic E-state index is 14.2. The van der Waals surface area contributed by atoms with Gasteiger partial charge < -0.3 is 25.6 Å². The molecule has 2 amide bonds. The molecule has 1 aliphatic rings. The van der Waals surface area contributed by atoms with Gasteiger partial charge in [-0.15, -0.1) is 0 Å². The van der Waals surface area contributed by atoms with Crippen molar-refractivity contribution >= 4 is 17.7 Å². The lowest BCUT2D eigenvalue weighted by atomic mass is 9.90. The van der Waals surface area contributed by atoms with Gasteiger partial charge in [0.2, 0.25) is 0 Å². The number of ether oxygens (including phenoxy) is 2. The van der Waals surface area contributed by atoms with Crippen molar-refractivity contribution in [3.05, 3.63) is 52.9 Å². The normalized spacial score (nSPS) is 30.4. The Morgan fingerprint density at radius 2 is 1.89 bits per heavy atom. The number of hydrogen-bond acceptors (Lipinski definition) is 5. The van der Waals surface area contributed by atoms with Gasteiger partial charge in [-0.05, 0) is 87.1 Å². The molecule has 0 aliphatic carbocycles. The fourth-order valence-corrected chi connectivity index (χ4v) is 4.57. The fourth-order valence-electron chi connectivity index (χ4n) is 4.57. The first-order valence-corrected chi connectivity index (χ1v) is 12.1. The van der Waals surface area contributed by atoms with Gasteiger partial charge in [-0.25, -0.2) is 9.18 Å². The molecule has 4 N–H and O–H groups in total. The minimum Gasteiger partial charge on any atom is -0.442 e. The van der Waals surface area contributed by atoms with Gasteiger partial charge >= 0.3 is 6.09 Å². The molecular weight excluding hydrogens is 451 g/mol. The third-order valence-electron chi connectivity index (χ3n) is 6.48. The van der Waals surface area contributed by atoms with E-state index in [-0.39, 0.29) is 29.5 Å². The number of primary amides is 1. The molecule has 5 atom stereocenters. The number of amides is 2. The average molecular weight is 491 g/mol. The third kappa shape index (κ3) is 9.11. The topological polar surface area (TPSA) is 111 Å². The second kappa shape index (κ2) is 13.4. The summed E-state index contributed by atoms with van der Waals surface area (Å²) >= 11 is 0. The minimum atomic E-state index is -0.903. The lowest BCUT2D eigenvalue weighted by Crippen LogP contribution is -2.29. The summed E-state index contributed by atoms with van der Waals surface area (Å²) < 4.78 is 25.3. The largest absolute Gasteiger partial charge is 0.442 e. The highest BCUT2D eigenvalue weighted by molar-refractivity contribution is 6.03. The van der Waals surface area contributed by atoms with Crippen LogP contribution in [0.3, 0.4) is 0 Å². The minimum absolute atomic E-state index is 0.0284. The first-order valence-electron chi connectivity index (χ1n) is 12.1. The predicted octanol–water partition coefficient (Wildman–Crippen LogP) is 5.41. The number of carbonyl (C=O) groups excluding carboxylic acids is 2. The molecular formula is C27H39FN2O5. The molecule has 0 aromatic heterocycles. The fraction of sp³-hybridized carbons (Fsp3) is 0.556.